The second kappa shape index (κ2) is 7.44. The van der Waals surface area contributed by atoms with Crippen molar-refractivity contribution in [1.82, 2.24) is 10.1 Å². The van der Waals surface area contributed by atoms with Crippen LogP contribution < -0.4 is 0 Å². The van der Waals surface area contributed by atoms with E-state index in [0.717, 1.165) is 0 Å². The van der Waals surface area contributed by atoms with Gasteiger partial charge >= 0.3 is 5.97 Å². The lowest BCUT2D eigenvalue weighted by Crippen LogP contribution is -2.08. The van der Waals surface area contributed by atoms with Crippen LogP contribution in [0.1, 0.15) is 38.7 Å². The van der Waals surface area contributed by atoms with Crippen molar-refractivity contribution in [3.8, 4) is 17.3 Å². The summed E-state index contributed by atoms with van der Waals surface area (Å²) in [6.45, 7) is 4.97. The number of benzene rings is 1. The molecule has 4 rings (SSSR count). The predicted octanol–water partition coefficient (Wildman–Crippen LogP) is 4.78. The Balaban J connectivity index is 1.72. The zero-order chi connectivity index (χ0) is 21.4. The van der Waals surface area contributed by atoms with Gasteiger partial charge in [-0.1, -0.05) is 5.16 Å². The van der Waals surface area contributed by atoms with Crippen molar-refractivity contribution in [1.29, 1.82) is 5.26 Å². The Morgan fingerprint density at radius 3 is 2.73 bits per heavy atom. The highest BCUT2D eigenvalue weighted by Gasteiger charge is 2.22. The lowest BCUT2D eigenvalue weighted by atomic mass is 10.1. The standard InChI is InChI=1S/C22H16FN3O4/c1-11-6-16(13(3)29-11)19-8-17(20-12(2)26-30-21(20)25-19)22(27)28-10-15-7-14(9-24)4-5-18(15)23/h4-8H,10H2,1-3H3. The van der Waals surface area contributed by atoms with Gasteiger partial charge in [0.15, 0.2) is 0 Å². The monoisotopic (exact) mass is 405 g/mol. The first-order valence-corrected chi connectivity index (χ1v) is 9.07. The lowest BCUT2D eigenvalue weighted by molar-refractivity contribution is 0.0471. The number of pyridine rings is 1. The number of carbonyl (C=O) groups excluding carboxylic acids is 1. The minimum absolute atomic E-state index is 0.108. The van der Waals surface area contributed by atoms with Gasteiger partial charge in [-0.05, 0) is 51.1 Å². The van der Waals surface area contributed by atoms with Gasteiger partial charge in [-0.15, -0.1) is 0 Å². The summed E-state index contributed by atoms with van der Waals surface area (Å²) >= 11 is 0. The number of hydrogen-bond acceptors (Lipinski definition) is 7. The van der Waals surface area contributed by atoms with Crippen LogP contribution in [0, 0.1) is 37.9 Å². The third-order valence-electron chi connectivity index (χ3n) is 4.69. The zero-order valence-electron chi connectivity index (χ0n) is 16.4. The van der Waals surface area contributed by atoms with Crippen LogP contribution in [0.5, 0.6) is 0 Å². The van der Waals surface area contributed by atoms with Gasteiger partial charge in [-0.2, -0.15) is 5.26 Å². The molecule has 30 heavy (non-hydrogen) atoms. The number of halogens is 1. The van der Waals surface area contributed by atoms with Crippen molar-refractivity contribution in [2.75, 3.05) is 0 Å². The topological polar surface area (TPSA) is 102 Å². The predicted molar refractivity (Wildman–Crippen MR) is 104 cm³/mol. The summed E-state index contributed by atoms with van der Waals surface area (Å²) in [6.07, 6.45) is 0. The van der Waals surface area contributed by atoms with E-state index in [1.165, 1.54) is 18.2 Å². The summed E-state index contributed by atoms with van der Waals surface area (Å²) in [4.78, 5) is 17.3. The molecule has 1 aromatic carbocycles. The molecule has 0 aliphatic heterocycles. The molecule has 0 fully saturated rings. The third kappa shape index (κ3) is 3.42. The Morgan fingerprint density at radius 1 is 1.23 bits per heavy atom. The van der Waals surface area contributed by atoms with Crippen molar-refractivity contribution in [3.05, 3.63) is 70.1 Å². The number of rotatable bonds is 4. The molecule has 0 aliphatic rings. The molecule has 0 aliphatic carbocycles. The van der Waals surface area contributed by atoms with Crippen LogP contribution in [0.2, 0.25) is 0 Å². The van der Waals surface area contributed by atoms with E-state index >= 15 is 0 Å². The zero-order valence-corrected chi connectivity index (χ0v) is 16.4. The second-order valence-electron chi connectivity index (χ2n) is 6.82. The molecule has 150 valence electrons. The summed E-state index contributed by atoms with van der Waals surface area (Å²) in [5, 5.41) is 13.3. The van der Waals surface area contributed by atoms with Crippen molar-refractivity contribution in [2.45, 2.75) is 27.4 Å². The lowest BCUT2D eigenvalue weighted by Gasteiger charge is -2.08. The van der Waals surface area contributed by atoms with Gasteiger partial charge in [-0.25, -0.2) is 14.2 Å². The van der Waals surface area contributed by atoms with Gasteiger partial charge in [0.25, 0.3) is 5.71 Å². The van der Waals surface area contributed by atoms with Gasteiger partial charge in [0.05, 0.1) is 34.0 Å². The summed E-state index contributed by atoms with van der Waals surface area (Å²) in [5.74, 6) is 0.100. The molecule has 4 aromatic rings. The molecule has 3 aromatic heterocycles. The molecule has 0 unspecified atom stereocenters. The van der Waals surface area contributed by atoms with E-state index in [9.17, 15) is 9.18 Å². The summed E-state index contributed by atoms with van der Waals surface area (Å²) < 4.78 is 30.2. The third-order valence-corrected chi connectivity index (χ3v) is 4.69. The Kier molecular flexibility index (Phi) is 4.80. The number of hydrogen-bond donors (Lipinski definition) is 0. The molecule has 0 bridgehead atoms. The average molecular weight is 405 g/mol. The van der Waals surface area contributed by atoms with Crippen LogP contribution >= 0.6 is 0 Å². The fourth-order valence-electron chi connectivity index (χ4n) is 3.25. The molecule has 0 saturated carbocycles. The maximum atomic E-state index is 14.0. The van der Waals surface area contributed by atoms with Crippen molar-refractivity contribution in [3.63, 3.8) is 0 Å². The number of fused-ring (bicyclic) bond motifs is 1. The highest BCUT2D eigenvalue weighted by molar-refractivity contribution is 6.04. The van der Waals surface area contributed by atoms with Gasteiger partial charge in [0.2, 0.25) is 0 Å². The van der Waals surface area contributed by atoms with Gasteiger partial charge in [0.1, 0.15) is 23.9 Å². The summed E-state index contributed by atoms with van der Waals surface area (Å²) in [5.41, 5.74) is 2.43. The van der Waals surface area contributed by atoms with Crippen LogP contribution in [0.15, 0.2) is 39.3 Å². The molecule has 7 nitrogen and oxygen atoms in total. The number of aromatic nitrogens is 2. The van der Waals surface area contributed by atoms with E-state index in [-0.39, 0.29) is 29.0 Å². The maximum Gasteiger partial charge on any atom is 0.339 e. The highest BCUT2D eigenvalue weighted by atomic mass is 19.1. The van der Waals surface area contributed by atoms with E-state index in [1.54, 1.807) is 19.9 Å². The minimum Gasteiger partial charge on any atom is -0.466 e. The van der Waals surface area contributed by atoms with Crippen LogP contribution in [-0.2, 0) is 11.3 Å². The Morgan fingerprint density at radius 2 is 2.03 bits per heavy atom. The van der Waals surface area contributed by atoms with Crippen LogP contribution in [0.3, 0.4) is 0 Å². The molecule has 0 amide bonds. The maximum absolute atomic E-state index is 14.0. The molecule has 0 radical (unpaired) electrons. The van der Waals surface area contributed by atoms with Gasteiger partial charge in [0, 0.05) is 11.1 Å². The van der Waals surface area contributed by atoms with Crippen molar-refractivity contribution < 1.29 is 22.9 Å². The van der Waals surface area contributed by atoms with Gasteiger partial charge in [-0.3, -0.25) is 0 Å². The average Bonchev–Trinajstić information content (AvgIpc) is 3.27. The highest BCUT2D eigenvalue weighted by Crippen LogP contribution is 2.31. The number of furan rings is 1. The molecule has 0 spiro atoms. The van der Waals surface area contributed by atoms with E-state index in [0.29, 0.717) is 33.9 Å². The quantitative estimate of drug-likeness (QED) is 0.450. The molecule has 0 saturated heterocycles. The summed E-state index contributed by atoms with van der Waals surface area (Å²) in [7, 11) is 0. The number of aryl methyl sites for hydroxylation is 3. The minimum atomic E-state index is -0.686. The molecule has 3 heterocycles. The van der Waals surface area contributed by atoms with E-state index in [4.69, 9.17) is 18.9 Å². The fourth-order valence-corrected chi connectivity index (χ4v) is 3.25. The molecule has 0 N–H and O–H groups in total. The number of nitriles is 1. The summed E-state index contributed by atoms with van der Waals surface area (Å²) in [6, 6.07) is 9.18. The first-order valence-electron chi connectivity index (χ1n) is 9.07. The normalized spacial score (nSPS) is 10.9. The van der Waals surface area contributed by atoms with E-state index in [1.807, 2.05) is 19.1 Å². The van der Waals surface area contributed by atoms with Crippen LogP contribution in [-0.4, -0.2) is 16.1 Å². The van der Waals surface area contributed by atoms with Crippen LogP contribution in [0.4, 0.5) is 4.39 Å². The fraction of sp³-hybridized carbons (Fsp3) is 0.182. The molecular weight excluding hydrogens is 389 g/mol. The van der Waals surface area contributed by atoms with Gasteiger partial charge < -0.3 is 13.7 Å². The smallest absolute Gasteiger partial charge is 0.339 e. The molecule has 8 heteroatoms. The van der Waals surface area contributed by atoms with Crippen molar-refractivity contribution >= 4 is 17.1 Å². The first-order chi connectivity index (χ1) is 14.4. The number of ether oxygens (including phenoxy) is 1. The molecule has 0 atom stereocenters. The Bertz CT molecular complexity index is 1330. The largest absolute Gasteiger partial charge is 0.466 e. The number of carbonyl (C=O) groups is 1. The van der Waals surface area contributed by atoms with Crippen molar-refractivity contribution in [2.24, 2.45) is 0 Å². The number of esters is 1. The van der Waals surface area contributed by atoms with E-state index < -0.39 is 11.8 Å². The Hall–Kier alpha value is -3.99. The van der Waals surface area contributed by atoms with E-state index in [2.05, 4.69) is 10.1 Å². The first kappa shape index (κ1) is 19.3. The van der Waals surface area contributed by atoms with Crippen LogP contribution in [0.25, 0.3) is 22.4 Å². The Labute approximate surface area is 170 Å². The molecular formula is C22H16FN3O4. The number of nitrogens with zero attached hydrogens (tertiary/aromatic N) is 3. The SMILES string of the molecule is Cc1cc(-c2cc(C(=O)OCc3cc(C#N)ccc3F)c3c(C)noc3n2)c(C)o1. The second-order valence-corrected chi connectivity index (χ2v) is 6.82.